The largest absolute Gasteiger partial charge is 0.435 e. The molecule has 1 amide bonds. The number of anilines is 1. The van der Waals surface area contributed by atoms with Crippen LogP contribution in [0.15, 0.2) is 58.1 Å². The molecule has 0 radical (unpaired) electrons. The molecule has 0 spiro atoms. The number of thiazole rings is 1. The van der Waals surface area contributed by atoms with Gasteiger partial charge in [-0.2, -0.15) is 18.3 Å². The zero-order valence-corrected chi connectivity index (χ0v) is 18.3. The number of amides is 1. The molecule has 0 unspecified atom stereocenters. The van der Waals surface area contributed by atoms with Gasteiger partial charge < -0.3 is 5.32 Å². The highest BCUT2D eigenvalue weighted by Crippen LogP contribution is 2.33. The minimum Gasteiger partial charge on any atom is -0.320 e. The Morgan fingerprint density at radius 2 is 1.97 bits per heavy atom. The maximum absolute atomic E-state index is 12.8. The lowest BCUT2D eigenvalue weighted by Crippen LogP contribution is -2.13. The molecule has 6 nitrogen and oxygen atoms in total. The third-order valence-electron chi connectivity index (χ3n) is 4.14. The van der Waals surface area contributed by atoms with Crippen LogP contribution in [-0.2, 0) is 6.18 Å². The number of carbonyl (C=O) groups excluding carboxylic acids is 1. The molecule has 31 heavy (non-hydrogen) atoms. The van der Waals surface area contributed by atoms with E-state index in [4.69, 9.17) is 11.6 Å². The van der Waals surface area contributed by atoms with Crippen LogP contribution in [0.5, 0.6) is 0 Å². The van der Waals surface area contributed by atoms with Crippen LogP contribution in [0.2, 0.25) is 5.02 Å². The van der Waals surface area contributed by atoms with Gasteiger partial charge in [-0.05, 0) is 34.1 Å². The molecule has 1 aromatic carbocycles. The highest BCUT2D eigenvalue weighted by atomic mass is 79.9. The summed E-state index contributed by atoms with van der Waals surface area (Å²) < 4.78 is 40.0. The van der Waals surface area contributed by atoms with Crippen molar-refractivity contribution in [1.29, 1.82) is 0 Å². The Hall–Kier alpha value is -2.76. The third-order valence-corrected chi connectivity index (χ3v) is 5.97. The predicted molar refractivity (Wildman–Crippen MR) is 115 cm³/mol. The van der Waals surface area contributed by atoms with Crippen molar-refractivity contribution in [1.82, 2.24) is 19.7 Å². The quantitative estimate of drug-likeness (QED) is 0.349. The topological polar surface area (TPSA) is 72.7 Å². The molecule has 0 fully saturated rings. The summed E-state index contributed by atoms with van der Waals surface area (Å²) in [7, 11) is 0. The van der Waals surface area contributed by atoms with Crippen LogP contribution in [-0.4, -0.2) is 25.7 Å². The van der Waals surface area contributed by atoms with Crippen molar-refractivity contribution in [3.63, 3.8) is 0 Å². The summed E-state index contributed by atoms with van der Waals surface area (Å²) in [5.41, 5.74) is 2.44. The van der Waals surface area contributed by atoms with Gasteiger partial charge in [0.2, 0.25) is 0 Å². The number of hydrogen-bond donors (Lipinski definition) is 1. The van der Waals surface area contributed by atoms with E-state index in [1.165, 1.54) is 17.5 Å². The van der Waals surface area contributed by atoms with E-state index in [1.807, 2.05) is 0 Å². The molecule has 1 N–H and O–H groups in total. The highest BCUT2D eigenvalue weighted by Gasteiger charge is 2.33. The monoisotopic (exact) mass is 527 g/mol. The number of pyridine rings is 1. The number of benzene rings is 1. The number of nitrogens with one attached hydrogen (secondary N) is 1. The van der Waals surface area contributed by atoms with E-state index in [9.17, 15) is 18.0 Å². The van der Waals surface area contributed by atoms with Gasteiger partial charge in [0.05, 0.1) is 10.5 Å². The molecule has 4 aromatic rings. The summed E-state index contributed by atoms with van der Waals surface area (Å²) in [6.45, 7) is 0. The molecule has 0 aliphatic carbocycles. The van der Waals surface area contributed by atoms with Crippen molar-refractivity contribution in [3.8, 4) is 16.9 Å². The molecular formula is C19H10BrClF3N5OS. The summed E-state index contributed by atoms with van der Waals surface area (Å²) in [5, 5.41) is 6.38. The molecule has 3 aromatic heterocycles. The van der Waals surface area contributed by atoms with E-state index in [2.05, 4.69) is 36.3 Å². The first-order valence-corrected chi connectivity index (χ1v) is 10.6. The van der Waals surface area contributed by atoms with Crippen LogP contribution in [0, 0.1) is 0 Å². The Bertz CT molecular complexity index is 1270. The second kappa shape index (κ2) is 8.40. The summed E-state index contributed by atoms with van der Waals surface area (Å²) in [6.07, 6.45) is -1.99. The van der Waals surface area contributed by atoms with Gasteiger partial charge in [0.15, 0.2) is 17.2 Å². The molecule has 12 heteroatoms. The molecule has 0 aliphatic rings. The normalized spacial score (nSPS) is 11.5. The molecule has 0 bridgehead atoms. The van der Waals surface area contributed by atoms with Gasteiger partial charge in [0.25, 0.3) is 5.91 Å². The van der Waals surface area contributed by atoms with Gasteiger partial charge in [0.1, 0.15) is 3.79 Å². The summed E-state index contributed by atoms with van der Waals surface area (Å²) in [5.74, 6) is -0.346. The van der Waals surface area contributed by atoms with Gasteiger partial charge in [0, 0.05) is 29.2 Å². The van der Waals surface area contributed by atoms with Crippen molar-refractivity contribution in [2.45, 2.75) is 6.18 Å². The van der Waals surface area contributed by atoms with Gasteiger partial charge in [-0.15, -0.1) is 11.3 Å². The Kier molecular flexibility index (Phi) is 5.82. The standard InChI is InChI=1S/C19H10BrClF3N5OS/c20-16-15(26-9-31-16)18(30)27-13-4-2-1-3-11(13)10-7-12(21)17(25-8-10)29-6-5-14(28-29)19(22,23)24/h1-9H,(H,27,30). The van der Waals surface area contributed by atoms with Gasteiger partial charge in [-0.25, -0.2) is 14.6 Å². The average molecular weight is 529 g/mol. The molecule has 158 valence electrons. The van der Waals surface area contributed by atoms with Crippen LogP contribution in [0.4, 0.5) is 18.9 Å². The fourth-order valence-corrected chi connectivity index (χ4v) is 4.04. The molecule has 0 atom stereocenters. The Morgan fingerprint density at radius 1 is 1.19 bits per heavy atom. The third kappa shape index (κ3) is 4.48. The van der Waals surface area contributed by atoms with Crippen LogP contribution in [0.25, 0.3) is 16.9 Å². The lowest BCUT2D eigenvalue weighted by atomic mass is 10.1. The molecule has 0 saturated heterocycles. The predicted octanol–water partition coefficient (Wildman–Crippen LogP) is 6.08. The number of hydrogen-bond acceptors (Lipinski definition) is 5. The maximum Gasteiger partial charge on any atom is 0.435 e. The maximum atomic E-state index is 12.8. The lowest BCUT2D eigenvalue weighted by Gasteiger charge is -2.12. The van der Waals surface area contributed by atoms with Gasteiger partial charge in [-0.1, -0.05) is 29.8 Å². The van der Waals surface area contributed by atoms with Gasteiger partial charge >= 0.3 is 6.18 Å². The van der Waals surface area contributed by atoms with Crippen molar-refractivity contribution in [3.05, 3.63) is 74.5 Å². The first-order valence-electron chi connectivity index (χ1n) is 8.52. The molecule has 3 heterocycles. The zero-order chi connectivity index (χ0) is 22.2. The van der Waals surface area contributed by atoms with Crippen molar-refractivity contribution in [2.75, 3.05) is 5.32 Å². The number of nitrogens with zero attached hydrogens (tertiary/aromatic N) is 4. The smallest absolute Gasteiger partial charge is 0.320 e. The second-order valence-electron chi connectivity index (χ2n) is 6.15. The molecular weight excluding hydrogens is 519 g/mol. The van der Waals surface area contributed by atoms with Crippen LogP contribution in [0.3, 0.4) is 0 Å². The van der Waals surface area contributed by atoms with E-state index in [-0.39, 0.29) is 16.5 Å². The molecule has 0 saturated carbocycles. The summed E-state index contributed by atoms with van der Waals surface area (Å²) >= 11 is 10.9. The van der Waals surface area contributed by atoms with E-state index in [0.29, 0.717) is 20.6 Å². The highest BCUT2D eigenvalue weighted by molar-refractivity contribution is 9.11. The minimum atomic E-state index is -4.57. The Balaban J connectivity index is 1.65. The second-order valence-corrected chi connectivity index (χ2v) is 8.73. The average Bonchev–Trinajstić information content (AvgIpc) is 3.37. The first-order chi connectivity index (χ1) is 14.7. The molecule has 0 aliphatic heterocycles. The van der Waals surface area contributed by atoms with Crippen LogP contribution < -0.4 is 5.32 Å². The fraction of sp³-hybridized carbons (Fsp3) is 0.0526. The minimum absolute atomic E-state index is 0.0498. The number of halogens is 5. The summed E-state index contributed by atoms with van der Waals surface area (Å²) in [6, 6.07) is 9.37. The first kappa shape index (κ1) is 21.5. The Labute approximate surface area is 190 Å². The number of rotatable bonds is 4. The van der Waals surface area contributed by atoms with Crippen molar-refractivity contribution in [2.24, 2.45) is 0 Å². The number of alkyl halides is 3. The van der Waals surface area contributed by atoms with Gasteiger partial charge in [-0.3, -0.25) is 4.79 Å². The van der Waals surface area contributed by atoms with Crippen molar-refractivity contribution >= 4 is 50.5 Å². The fourth-order valence-electron chi connectivity index (χ4n) is 2.74. The van der Waals surface area contributed by atoms with Crippen molar-refractivity contribution < 1.29 is 18.0 Å². The zero-order valence-electron chi connectivity index (χ0n) is 15.2. The SMILES string of the molecule is O=C(Nc1ccccc1-c1cnc(-n2ccc(C(F)(F)F)n2)c(Cl)c1)c1ncsc1Br. The van der Waals surface area contributed by atoms with E-state index in [1.54, 1.807) is 35.8 Å². The Morgan fingerprint density at radius 3 is 2.61 bits per heavy atom. The van der Waals surface area contributed by atoms with Crippen LogP contribution >= 0.6 is 38.9 Å². The van der Waals surface area contributed by atoms with E-state index < -0.39 is 17.8 Å². The lowest BCUT2D eigenvalue weighted by molar-refractivity contribution is -0.141. The number of carbonyl (C=O) groups is 1. The number of aromatic nitrogens is 4. The van der Waals surface area contributed by atoms with E-state index >= 15 is 0 Å². The van der Waals surface area contributed by atoms with E-state index in [0.717, 1.165) is 16.9 Å². The summed E-state index contributed by atoms with van der Waals surface area (Å²) in [4.78, 5) is 20.7. The van der Waals surface area contributed by atoms with Crippen LogP contribution in [0.1, 0.15) is 16.2 Å². The number of para-hydroxylation sites is 1. The molecule has 4 rings (SSSR count).